The van der Waals surface area contributed by atoms with E-state index >= 15 is 0 Å². The lowest BCUT2D eigenvalue weighted by molar-refractivity contribution is -0.150. The van der Waals surface area contributed by atoms with Gasteiger partial charge in [-0.1, -0.05) is 6.07 Å². The number of rotatable bonds is 4. The first kappa shape index (κ1) is 12.7. The molecule has 98 valence electrons. The van der Waals surface area contributed by atoms with Crippen molar-refractivity contribution in [3.63, 3.8) is 0 Å². The van der Waals surface area contributed by atoms with Gasteiger partial charge in [0, 0.05) is 0 Å². The second kappa shape index (κ2) is 5.27. The van der Waals surface area contributed by atoms with E-state index in [2.05, 4.69) is 0 Å². The summed E-state index contributed by atoms with van der Waals surface area (Å²) in [6, 6.07) is 5.16. The third-order valence-electron chi connectivity index (χ3n) is 2.62. The third kappa shape index (κ3) is 2.56. The monoisotopic (exact) mass is 252 g/mol. The maximum atomic E-state index is 11.8. The Labute approximate surface area is 105 Å². The second-order valence-electron chi connectivity index (χ2n) is 4.33. The van der Waals surface area contributed by atoms with Gasteiger partial charge in [-0.05, 0) is 31.5 Å². The summed E-state index contributed by atoms with van der Waals surface area (Å²) in [7, 11) is 0. The molecule has 5 heteroatoms. The number of benzene rings is 1. The molecule has 1 heterocycles. The first-order valence-corrected chi connectivity index (χ1v) is 5.82. The number of carbonyl (C=O) groups is 1. The van der Waals surface area contributed by atoms with Crippen molar-refractivity contribution < 1.29 is 24.1 Å². The smallest absolute Gasteiger partial charge is 0.316 e. The minimum absolute atomic E-state index is 0.180. The molecule has 0 radical (unpaired) electrons. The van der Waals surface area contributed by atoms with Gasteiger partial charge in [0.1, 0.15) is 5.92 Å². The normalized spacial score (nSPS) is 14.7. The van der Waals surface area contributed by atoms with Crippen molar-refractivity contribution in [3.05, 3.63) is 23.8 Å². The number of hydrogen-bond acceptors (Lipinski definition) is 5. The Bertz CT molecular complexity index is 441. The Balaban J connectivity index is 2.19. The summed E-state index contributed by atoms with van der Waals surface area (Å²) >= 11 is 0. The molecule has 1 N–H and O–H groups in total. The van der Waals surface area contributed by atoms with Gasteiger partial charge in [0.15, 0.2) is 11.5 Å². The van der Waals surface area contributed by atoms with Gasteiger partial charge in [-0.15, -0.1) is 0 Å². The van der Waals surface area contributed by atoms with E-state index in [0.717, 1.165) is 0 Å². The quantitative estimate of drug-likeness (QED) is 0.821. The number of fused-ring (bicyclic) bond motifs is 1. The van der Waals surface area contributed by atoms with Crippen LogP contribution in [0.15, 0.2) is 18.2 Å². The van der Waals surface area contributed by atoms with Gasteiger partial charge in [0.05, 0.1) is 12.7 Å². The molecule has 5 nitrogen and oxygen atoms in total. The Morgan fingerprint density at radius 1 is 1.39 bits per heavy atom. The summed E-state index contributed by atoms with van der Waals surface area (Å²) in [6.45, 7) is 3.42. The van der Waals surface area contributed by atoms with Gasteiger partial charge >= 0.3 is 5.97 Å². The van der Waals surface area contributed by atoms with E-state index < -0.39 is 11.9 Å². The van der Waals surface area contributed by atoms with Crippen molar-refractivity contribution in [3.8, 4) is 11.5 Å². The van der Waals surface area contributed by atoms with Crippen molar-refractivity contribution in [2.75, 3.05) is 13.4 Å². The zero-order valence-corrected chi connectivity index (χ0v) is 10.4. The molecular weight excluding hydrogens is 236 g/mol. The van der Waals surface area contributed by atoms with Crippen LogP contribution in [0.1, 0.15) is 25.3 Å². The van der Waals surface area contributed by atoms with Gasteiger partial charge in [-0.2, -0.15) is 0 Å². The molecule has 1 aromatic carbocycles. The summed E-state index contributed by atoms with van der Waals surface area (Å²) in [5.74, 6) is 0.101. The molecule has 0 amide bonds. The molecule has 0 spiro atoms. The van der Waals surface area contributed by atoms with E-state index in [-0.39, 0.29) is 19.5 Å². The maximum Gasteiger partial charge on any atom is 0.316 e. The van der Waals surface area contributed by atoms with E-state index in [0.29, 0.717) is 17.1 Å². The van der Waals surface area contributed by atoms with Gasteiger partial charge in [0.25, 0.3) is 0 Å². The average molecular weight is 252 g/mol. The molecule has 0 saturated carbocycles. The SMILES string of the molecule is CC(C)OC(=O)C(CO)c1ccc2c(c1)OCO2. The van der Waals surface area contributed by atoms with Crippen LogP contribution >= 0.6 is 0 Å². The number of esters is 1. The number of aliphatic hydroxyl groups excluding tert-OH is 1. The van der Waals surface area contributed by atoms with Crippen molar-refractivity contribution in [2.45, 2.75) is 25.9 Å². The summed E-state index contributed by atoms with van der Waals surface area (Å²) in [5.41, 5.74) is 0.660. The zero-order valence-electron chi connectivity index (χ0n) is 10.4. The predicted molar refractivity (Wildman–Crippen MR) is 63.6 cm³/mol. The molecule has 1 atom stereocenters. The Kier molecular flexibility index (Phi) is 3.72. The highest BCUT2D eigenvalue weighted by Gasteiger charge is 2.24. The number of aliphatic hydroxyl groups is 1. The third-order valence-corrected chi connectivity index (χ3v) is 2.62. The molecular formula is C13H16O5. The molecule has 0 fully saturated rings. The molecule has 0 saturated heterocycles. The Morgan fingerprint density at radius 3 is 2.78 bits per heavy atom. The molecule has 0 aromatic heterocycles. The van der Waals surface area contributed by atoms with Crippen molar-refractivity contribution >= 4 is 5.97 Å². The average Bonchev–Trinajstić information content (AvgIpc) is 2.76. The highest BCUT2D eigenvalue weighted by atomic mass is 16.7. The van der Waals surface area contributed by atoms with Crippen molar-refractivity contribution in [1.82, 2.24) is 0 Å². The highest BCUT2D eigenvalue weighted by Crippen LogP contribution is 2.34. The van der Waals surface area contributed by atoms with Crippen LogP contribution in [0.2, 0.25) is 0 Å². The lowest BCUT2D eigenvalue weighted by atomic mass is 9.99. The molecule has 1 aliphatic heterocycles. The van der Waals surface area contributed by atoms with E-state index in [9.17, 15) is 9.90 Å². The molecule has 1 unspecified atom stereocenters. The second-order valence-corrected chi connectivity index (χ2v) is 4.33. The topological polar surface area (TPSA) is 65.0 Å². The van der Waals surface area contributed by atoms with E-state index in [1.165, 1.54) is 0 Å². The van der Waals surface area contributed by atoms with E-state index in [1.807, 2.05) is 0 Å². The van der Waals surface area contributed by atoms with Crippen LogP contribution in [0.5, 0.6) is 11.5 Å². The number of hydrogen-bond donors (Lipinski definition) is 1. The van der Waals surface area contributed by atoms with Crippen LogP contribution < -0.4 is 9.47 Å². The lowest BCUT2D eigenvalue weighted by Crippen LogP contribution is -2.22. The van der Waals surface area contributed by atoms with E-state index in [1.54, 1.807) is 32.0 Å². The van der Waals surface area contributed by atoms with Gasteiger partial charge < -0.3 is 19.3 Å². The fraction of sp³-hybridized carbons (Fsp3) is 0.462. The van der Waals surface area contributed by atoms with Gasteiger partial charge in [0.2, 0.25) is 6.79 Å². The zero-order chi connectivity index (χ0) is 13.1. The molecule has 0 bridgehead atoms. The summed E-state index contributed by atoms with van der Waals surface area (Å²) < 4.78 is 15.5. The minimum atomic E-state index is -0.693. The summed E-state index contributed by atoms with van der Waals surface area (Å²) in [4.78, 5) is 11.8. The van der Waals surface area contributed by atoms with Crippen LogP contribution in [0.4, 0.5) is 0 Å². The lowest BCUT2D eigenvalue weighted by Gasteiger charge is -2.16. The van der Waals surface area contributed by atoms with Gasteiger partial charge in [-0.25, -0.2) is 0 Å². The van der Waals surface area contributed by atoms with Crippen molar-refractivity contribution in [2.24, 2.45) is 0 Å². The Hall–Kier alpha value is -1.75. The highest BCUT2D eigenvalue weighted by molar-refractivity contribution is 5.78. The molecule has 18 heavy (non-hydrogen) atoms. The summed E-state index contributed by atoms with van der Waals surface area (Å²) in [6.07, 6.45) is -0.208. The number of carbonyl (C=O) groups excluding carboxylic acids is 1. The van der Waals surface area contributed by atoms with Crippen LogP contribution in [-0.2, 0) is 9.53 Å². The summed E-state index contributed by atoms with van der Waals surface area (Å²) in [5, 5.41) is 9.34. The van der Waals surface area contributed by atoms with Crippen molar-refractivity contribution in [1.29, 1.82) is 0 Å². The maximum absolute atomic E-state index is 11.8. The minimum Gasteiger partial charge on any atom is -0.462 e. The van der Waals surface area contributed by atoms with Crippen LogP contribution in [-0.4, -0.2) is 30.6 Å². The molecule has 0 aliphatic carbocycles. The fourth-order valence-corrected chi connectivity index (χ4v) is 1.76. The first-order chi connectivity index (χ1) is 8.61. The molecule has 2 rings (SSSR count). The van der Waals surface area contributed by atoms with Gasteiger partial charge in [-0.3, -0.25) is 4.79 Å². The first-order valence-electron chi connectivity index (χ1n) is 5.82. The van der Waals surface area contributed by atoms with Crippen LogP contribution in [0.3, 0.4) is 0 Å². The predicted octanol–water partition coefficient (Wildman–Crippen LogP) is 1.44. The van der Waals surface area contributed by atoms with Crippen LogP contribution in [0, 0.1) is 0 Å². The Morgan fingerprint density at radius 2 is 2.11 bits per heavy atom. The largest absolute Gasteiger partial charge is 0.462 e. The molecule has 1 aromatic rings. The fourth-order valence-electron chi connectivity index (χ4n) is 1.76. The number of ether oxygens (including phenoxy) is 3. The molecule has 1 aliphatic rings. The standard InChI is InChI=1S/C13H16O5/c1-8(2)18-13(15)10(6-14)9-3-4-11-12(5-9)17-7-16-11/h3-5,8,10,14H,6-7H2,1-2H3. The van der Waals surface area contributed by atoms with Crippen LogP contribution in [0.25, 0.3) is 0 Å². The van der Waals surface area contributed by atoms with E-state index in [4.69, 9.17) is 14.2 Å².